The molecule has 0 radical (unpaired) electrons. The van der Waals surface area contributed by atoms with E-state index in [1.54, 1.807) is 32.0 Å². The molecule has 0 spiro atoms. The minimum atomic E-state index is -3.60. The van der Waals surface area contributed by atoms with Crippen LogP contribution in [0, 0.1) is 6.92 Å². The highest BCUT2D eigenvalue weighted by Crippen LogP contribution is 2.20. The molecular weight excluding hydrogens is 424 g/mol. The molecule has 0 aromatic heterocycles. The van der Waals surface area contributed by atoms with E-state index in [4.69, 9.17) is 0 Å². The third-order valence-electron chi connectivity index (χ3n) is 5.81. The lowest BCUT2D eigenvalue weighted by Crippen LogP contribution is -2.44. The summed E-state index contributed by atoms with van der Waals surface area (Å²) in [5.74, 6) is -0.102. The van der Waals surface area contributed by atoms with Crippen molar-refractivity contribution in [3.05, 3.63) is 53.6 Å². The summed E-state index contributed by atoms with van der Waals surface area (Å²) in [5.41, 5.74) is 3.66. The summed E-state index contributed by atoms with van der Waals surface area (Å²) in [6.45, 7) is 8.13. The van der Waals surface area contributed by atoms with Gasteiger partial charge < -0.3 is 15.1 Å². The second-order valence-electron chi connectivity index (χ2n) is 8.34. The number of sulfonamides is 1. The predicted molar refractivity (Wildman–Crippen MR) is 130 cm³/mol. The molecule has 1 fully saturated rings. The molecule has 1 saturated heterocycles. The zero-order chi connectivity index (χ0) is 23.1. The van der Waals surface area contributed by atoms with Crippen LogP contribution in [0.4, 0.5) is 11.4 Å². The second kappa shape index (κ2) is 10.9. The number of aryl methyl sites for hydroxylation is 2. The number of nitrogens with one attached hydrogen (secondary N) is 2. The van der Waals surface area contributed by atoms with Gasteiger partial charge in [-0.3, -0.25) is 4.79 Å². The lowest BCUT2D eigenvalue weighted by atomic mass is 10.1. The Morgan fingerprint density at radius 2 is 1.72 bits per heavy atom. The first-order valence-corrected chi connectivity index (χ1v) is 12.7. The van der Waals surface area contributed by atoms with E-state index in [1.807, 2.05) is 0 Å². The van der Waals surface area contributed by atoms with E-state index in [2.05, 4.69) is 51.2 Å². The largest absolute Gasteiger partial charge is 0.369 e. The standard InChI is InChI=1S/C24H34N4O3S/c1-4-24(29)26-21-9-12-23(19(2)18-21)32(30,31)25-13-5-6-20-7-10-22(11-8-20)28-16-14-27(3)15-17-28/h7-12,18,25H,4-6,13-17H2,1-3H3,(H,26,29). The number of piperazine rings is 1. The quantitative estimate of drug-likeness (QED) is 0.565. The van der Waals surface area contributed by atoms with E-state index in [9.17, 15) is 13.2 Å². The van der Waals surface area contributed by atoms with E-state index in [-0.39, 0.29) is 10.8 Å². The average molecular weight is 459 g/mol. The van der Waals surface area contributed by atoms with Crippen molar-refractivity contribution in [3.8, 4) is 0 Å². The number of hydrogen-bond donors (Lipinski definition) is 2. The fourth-order valence-corrected chi connectivity index (χ4v) is 5.09. The first kappa shape index (κ1) is 24.2. The van der Waals surface area contributed by atoms with Crippen molar-refractivity contribution in [1.82, 2.24) is 9.62 Å². The maximum Gasteiger partial charge on any atom is 0.240 e. The van der Waals surface area contributed by atoms with Crippen LogP contribution in [0.3, 0.4) is 0 Å². The van der Waals surface area contributed by atoms with Crippen LogP contribution in [0.15, 0.2) is 47.4 Å². The Morgan fingerprint density at radius 3 is 2.34 bits per heavy atom. The highest BCUT2D eigenvalue weighted by atomic mass is 32.2. The average Bonchev–Trinajstić information content (AvgIpc) is 2.77. The van der Waals surface area contributed by atoms with Crippen LogP contribution >= 0.6 is 0 Å². The van der Waals surface area contributed by atoms with Gasteiger partial charge in [0.05, 0.1) is 4.90 Å². The van der Waals surface area contributed by atoms with Crippen LogP contribution in [-0.2, 0) is 21.2 Å². The van der Waals surface area contributed by atoms with Crippen molar-refractivity contribution in [3.63, 3.8) is 0 Å². The van der Waals surface area contributed by atoms with Gasteiger partial charge in [0.2, 0.25) is 15.9 Å². The Kier molecular flexibility index (Phi) is 8.28. The molecule has 1 aliphatic rings. The van der Waals surface area contributed by atoms with Gasteiger partial charge in [-0.15, -0.1) is 0 Å². The Bertz CT molecular complexity index is 1010. The minimum Gasteiger partial charge on any atom is -0.369 e. The number of anilines is 2. The summed E-state index contributed by atoms with van der Waals surface area (Å²) in [4.78, 5) is 16.5. The highest BCUT2D eigenvalue weighted by molar-refractivity contribution is 7.89. The molecule has 174 valence electrons. The summed E-state index contributed by atoms with van der Waals surface area (Å²) in [7, 11) is -1.44. The normalized spacial score (nSPS) is 15.0. The summed E-state index contributed by atoms with van der Waals surface area (Å²) in [5, 5.41) is 2.75. The van der Waals surface area contributed by atoms with Crippen molar-refractivity contribution in [2.75, 3.05) is 50.0 Å². The molecule has 3 rings (SSSR count). The molecule has 2 N–H and O–H groups in total. The predicted octanol–water partition coefficient (Wildman–Crippen LogP) is 3.01. The van der Waals surface area contributed by atoms with Crippen molar-refractivity contribution in [1.29, 1.82) is 0 Å². The van der Waals surface area contributed by atoms with Gasteiger partial charge in [0.15, 0.2) is 0 Å². The van der Waals surface area contributed by atoms with Crippen molar-refractivity contribution in [2.45, 2.75) is 38.0 Å². The van der Waals surface area contributed by atoms with Crippen molar-refractivity contribution < 1.29 is 13.2 Å². The smallest absolute Gasteiger partial charge is 0.240 e. The molecule has 2 aromatic rings. The molecule has 8 heteroatoms. The van der Waals surface area contributed by atoms with E-state index >= 15 is 0 Å². The Hall–Kier alpha value is -2.42. The SMILES string of the molecule is CCC(=O)Nc1ccc(S(=O)(=O)NCCCc2ccc(N3CCN(C)CC3)cc2)c(C)c1. The van der Waals surface area contributed by atoms with Gasteiger partial charge in [-0.1, -0.05) is 19.1 Å². The topological polar surface area (TPSA) is 81.7 Å². The molecule has 1 heterocycles. The van der Waals surface area contributed by atoms with Gasteiger partial charge in [-0.2, -0.15) is 0 Å². The van der Waals surface area contributed by atoms with Crippen LogP contribution in [0.2, 0.25) is 0 Å². The molecule has 0 bridgehead atoms. The molecule has 0 saturated carbocycles. The molecule has 1 aliphatic heterocycles. The van der Waals surface area contributed by atoms with Gasteiger partial charge in [-0.25, -0.2) is 13.1 Å². The molecule has 7 nitrogen and oxygen atoms in total. The lowest BCUT2D eigenvalue weighted by molar-refractivity contribution is -0.115. The monoisotopic (exact) mass is 458 g/mol. The highest BCUT2D eigenvalue weighted by Gasteiger charge is 2.17. The third kappa shape index (κ3) is 6.54. The van der Waals surface area contributed by atoms with Gasteiger partial charge in [0, 0.05) is 50.5 Å². The maximum absolute atomic E-state index is 12.7. The first-order valence-electron chi connectivity index (χ1n) is 11.2. The summed E-state index contributed by atoms with van der Waals surface area (Å²) >= 11 is 0. The van der Waals surface area contributed by atoms with E-state index in [0.717, 1.165) is 39.0 Å². The van der Waals surface area contributed by atoms with Gasteiger partial charge in [0.25, 0.3) is 0 Å². The Balaban J connectivity index is 1.49. The molecule has 0 unspecified atom stereocenters. The number of amides is 1. The van der Waals surface area contributed by atoms with Crippen LogP contribution in [0.25, 0.3) is 0 Å². The van der Waals surface area contributed by atoms with Gasteiger partial charge in [-0.05, 0) is 68.3 Å². The fourth-order valence-electron chi connectivity index (χ4n) is 3.79. The van der Waals surface area contributed by atoms with Gasteiger partial charge in [0.1, 0.15) is 0 Å². The number of benzene rings is 2. The summed E-state index contributed by atoms with van der Waals surface area (Å²) in [6, 6.07) is 13.4. The zero-order valence-corrected chi connectivity index (χ0v) is 20.0. The lowest BCUT2D eigenvalue weighted by Gasteiger charge is -2.34. The first-order chi connectivity index (χ1) is 15.3. The zero-order valence-electron chi connectivity index (χ0n) is 19.2. The number of hydrogen-bond acceptors (Lipinski definition) is 5. The Labute approximate surface area is 191 Å². The van der Waals surface area contributed by atoms with Crippen LogP contribution in [0.5, 0.6) is 0 Å². The van der Waals surface area contributed by atoms with Gasteiger partial charge >= 0.3 is 0 Å². The number of carbonyl (C=O) groups excluding carboxylic acids is 1. The van der Waals surface area contributed by atoms with Crippen LogP contribution in [-0.4, -0.2) is 59.0 Å². The maximum atomic E-state index is 12.7. The molecule has 1 amide bonds. The second-order valence-corrected chi connectivity index (χ2v) is 10.1. The molecular formula is C24H34N4O3S. The molecule has 2 aromatic carbocycles. The molecule has 0 aliphatic carbocycles. The summed E-state index contributed by atoms with van der Waals surface area (Å²) in [6.07, 6.45) is 1.91. The fraction of sp³-hybridized carbons (Fsp3) is 0.458. The summed E-state index contributed by atoms with van der Waals surface area (Å²) < 4.78 is 28.1. The molecule has 32 heavy (non-hydrogen) atoms. The number of likely N-dealkylation sites (N-methyl/N-ethyl adjacent to an activating group) is 1. The van der Waals surface area contributed by atoms with Crippen molar-refractivity contribution >= 4 is 27.3 Å². The Morgan fingerprint density at radius 1 is 1.03 bits per heavy atom. The van der Waals surface area contributed by atoms with Crippen LogP contribution in [0.1, 0.15) is 30.9 Å². The number of carbonyl (C=O) groups is 1. The number of rotatable bonds is 9. The van der Waals surface area contributed by atoms with E-state index in [1.165, 1.54) is 11.3 Å². The third-order valence-corrected chi connectivity index (χ3v) is 7.43. The minimum absolute atomic E-state index is 0.102. The van der Waals surface area contributed by atoms with E-state index in [0.29, 0.717) is 24.2 Å². The van der Waals surface area contributed by atoms with E-state index < -0.39 is 10.0 Å². The number of nitrogens with zero attached hydrogens (tertiary/aromatic N) is 2. The molecule has 0 atom stereocenters. The van der Waals surface area contributed by atoms with Crippen LogP contribution < -0.4 is 14.9 Å². The van der Waals surface area contributed by atoms with Crippen molar-refractivity contribution in [2.24, 2.45) is 0 Å².